The summed E-state index contributed by atoms with van der Waals surface area (Å²) >= 11 is 1.53. The maximum Gasteiger partial charge on any atom is 0.259 e. The molecule has 2 amide bonds. The number of anilines is 2. The molecule has 2 N–H and O–H groups in total. The Morgan fingerprint density at radius 2 is 1.94 bits per heavy atom. The molecule has 5 rings (SSSR count). The van der Waals surface area contributed by atoms with E-state index in [1.807, 2.05) is 72.9 Å². The van der Waals surface area contributed by atoms with Gasteiger partial charge in [0.1, 0.15) is 0 Å². The predicted molar refractivity (Wildman–Crippen MR) is 127 cm³/mol. The van der Waals surface area contributed by atoms with Gasteiger partial charge in [0, 0.05) is 51.8 Å². The minimum absolute atomic E-state index is 0.0557. The zero-order valence-electron chi connectivity index (χ0n) is 17.4. The highest BCUT2D eigenvalue weighted by Crippen LogP contribution is 2.42. The average molecular weight is 444 g/mol. The smallest absolute Gasteiger partial charge is 0.259 e. The number of carbonyl (C=O) groups is 2. The molecule has 7 heteroatoms. The van der Waals surface area contributed by atoms with Crippen molar-refractivity contribution in [3.8, 4) is 0 Å². The second kappa shape index (κ2) is 8.53. The largest absolute Gasteiger partial charge is 0.383 e. The Kier molecular flexibility index (Phi) is 5.43. The summed E-state index contributed by atoms with van der Waals surface area (Å²) in [5.74, 6) is -0.235. The number of nitrogens with one attached hydrogen (secondary N) is 2. The zero-order valence-corrected chi connectivity index (χ0v) is 18.2. The van der Waals surface area contributed by atoms with Crippen LogP contribution in [0.4, 0.5) is 11.4 Å². The molecule has 0 spiro atoms. The van der Waals surface area contributed by atoms with Gasteiger partial charge in [0.15, 0.2) is 0 Å². The number of nitrogens with zero attached hydrogens (tertiary/aromatic N) is 1. The number of hydrogen-bond acceptors (Lipinski definition) is 4. The molecule has 1 aliphatic heterocycles. The highest BCUT2D eigenvalue weighted by molar-refractivity contribution is 7.99. The molecule has 1 aromatic heterocycles. The molecule has 3 aromatic carbocycles. The number of methoxy groups -OCH3 is 1. The van der Waals surface area contributed by atoms with Gasteiger partial charge in [-0.1, -0.05) is 30.0 Å². The molecule has 0 aliphatic carbocycles. The molecule has 6 nitrogen and oxygen atoms in total. The van der Waals surface area contributed by atoms with E-state index in [2.05, 4.69) is 10.3 Å². The van der Waals surface area contributed by atoms with Crippen molar-refractivity contribution in [1.82, 2.24) is 4.98 Å². The Balaban J connectivity index is 1.50. The van der Waals surface area contributed by atoms with Crippen LogP contribution in [-0.4, -0.2) is 37.1 Å². The van der Waals surface area contributed by atoms with Gasteiger partial charge in [0.05, 0.1) is 17.9 Å². The number of ether oxygens (including phenoxy) is 1. The maximum atomic E-state index is 13.2. The van der Waals surface area contributed by atoms with Crippen molar-refractivity contribution in [3.05, 3.63) is 84.1 Å². The summed E-state index contributed by atoms with van der Waals surface area (Å²) < 4.78 is 5.23. The van der Waals surface area contributed by atoms with Crippen LogP contribution in [-0.2, 0) is 4.74 Å². The first-order valence-electron chi connectivity index (χ1n) is 10.2. The van der Waals surface area contributed by atoms with E-state index in [-0.39, 0.29) is 11.8 Å². The molecule has 160 valence electrons. The minimum Gasteiger partial charge on any atom is -0.383 e. The molecule has 2 heterocycles. The van der Waals surface area contributed by atoms with Crippen LogP contribution in [0.15, 0.2) is 82.7 Å². The molecule has 0 bridgehead atoms. The standard InChI is InChI=1S/C25H21N3O3S/c1-31-14-13-28-21-10-9-16(15-23(21)32-22-8-3-2-5-19(22)25(28)30)27-24(29)18-6-4-7-20-17(18)11-12-26-20/h2-12,15,26H,13-14H2,1H3,(H,27,29). The third-order valence-corrected chi connectivity index (χ3v) is 6.57. The van der Waals surface area contributed by atoms with Crippen molar-refractivity contribution in [2.75, 3.05) is 30.5 Å². The summed E-state index contributed by atoms with van der Waals surface area (Å²) in [6, 6.07) is 20.7. The fourth-order valence-electron chi connectivity index (χ4n) is 3.89. The number of H-pyrrole nitrogens is 1. The number of hydrogen-bond donors (Lipinski definition) is 2. The summed E-state index contributed by atoms with van der Waals surface area (Å²) in [5.41, 5.74) is 3.66. The Bertz CT molecular complexity index is 1330. The van der Waals surface area contributed by atoms with Crippen LogP contribution in [0.1, 0.15) is 20.7 Å². The van der Waals surface area contributed by atoms with E-state index in [9.17, 15) is 9.59 Å². The van der Waals surface area contributed by atoms with E-state index < -0.39 is 0 Å². The van der Waals surface area contributed by atoms with Crippen molar-refractivity contribution in [1.29, 1.82) is 0 Å². The number of rotatable bonds is 5. The first kappa shape index (κ1) is 20.4. The molecule has 1 aliphatic rings. The van der Waals surface area contributed by atoms with Crippen LogP contribution in [0, 0.1) is 0 Å². The van der Waals surface area contributed by atoms with E-state index in [1.165, 1.54) is 11.8 Å². The Morgan fingerprint density at radius 3 is 2.81 bits per heavy atom. The summed E-state index contributed by atoms with van der Waals surface area (Å²) in [6.45, 7) is 0.871. The average Bonchev–Trinajstić information content (AvgIpc) is 3.25. The maximum absolute atomic E-state index is 13.2. The summed E-state index contributed by atoms with van der Waals surface area (Å²) in [7, 11) is 1.62. The van der Waals surface area contributed by atoms with E-state index in [0.29, 0.717) is 30.0 Å². The third-order valence-electron chi connectivity index (χ3n) is 5.45. The lowest BCUT2D eigenvalue weighted by Crippen LogP contribution is -2.33. The third kappa shape index (κ3) is 3.66. The molecule has 0 saturated carbocycles. The van der Waals surface area contributed by atoms with E-state index in [1.54, 1.807) is 12.0 Å². The van der Waals surface area contributed by atoms with E-state index in [0.717, 1.165) is 26.4 Å². The summed E-state index contributed by atoms with van der Waals surface area (Å²) in [6.07, 6.45) is 1.82. The number of benzene rings is 3. The molecule has 0 saturated heterocycles. The lowest BCUT2D eigenvalue weighted by atomic mass is 10.1. The van der Waals surface area contributed by atoms with Crippen LogP contribution in [0.2, 0.25) is 0 Å². The molecule has 0 fully saturated rings. The van der Waals surface area contributed by atoms with Crippen LogP contribution in [0.3, 0.4) is 0 Å². The minimum atomic E-state index is -0.179. The lowest BCUT2D eigenvalue weighted by molar-refractivity contribution is 0.0972. The fraction of sp³-hybridized carbons (Fsp3) is 0.120. The number of carbonyl (C=O) groups excluding carboxylic acids is 2. The molecule has 0 radical (unpaired) electrons. The van der Waals surface area contributed by atoms with Gasteiger partial charge in [-0.05, 0) is 48.5 Å². The lowest BCUT2D eigenvalue weighted by Gasteiger charge is -2.23. The molecule has 0 unspecified atom stereocenters. The number of fused-ring (bicyclic) bond motifs is 3. The monoisotopic (exact) mass is 443 g/mol. The van der Waals surface area contributed by atoms with Crippen molar-refractivity contribution in [3.63, 3.8) is 0 Å². The first-order valence-corrected chi connectivity index (χ1v) is 11.1. The van der Waals surface area contributed by atoms with Crippen molar-refractivity contribution in [2.24, 2.45) is 0 Å². The van der Waals surface area contributed by atoms with Gasteiger partial charge >= 0.3 is 0 Å². The molecule has 4 aromatic rings. The van der Waals surface area contributed by atoms with Gasteiger partial charge in [-0.2, -0.15) is 0 Å². The van der Waals surface area contributed by atoms with Gasteiger partial charge in [-0.25, -0.2) is 0 Å². The van der Waals surface area contributed by atoms with Crippen LogP contribution >= 0.6 is 11.8 Å². The van der Waals surface area contributed by atoms with Gasteiger partial charge in [0.2, 0.25) is 0 Å². The van der Waals surface area contributed by atoms with Gasteiger partial charge in [-0.3, -0.25) is 9.59 Å². The summed E-state index contributed by atoms with van der Waals surface area (Å²) in [4.78, 5) is 32.9. The Morgan fingerprint density at radius 1 is 1.06 bits per heavy atom. The van der Waals surface area contributed by atoms with Crippen molar-refractivity contribution in [2.45, 2.75) is 9.79 Å². The Hall–Kier alpha value is -3.55. The van der Waals surface area contributed by atoms with E-state index >= 15 is 0 Å². The molecule has 0 atom stereocenters. The second-order valence-corrected chi connectivity index (χ2v) is 8.51. The van der Waals surface area contributed by atoms with Crippen molar-refractivity contribution >= 4 is 45.9 Å². The van der Waals surface area contributed by atoms with Crippen LogP contribution in [0.5, 0.6) is 0 Å². The number of amides is 2. The topological polar surface area (TPSA) is 74.4 Å². The highest BCUT2D eigenvalue weighted by atomic mass is 32.2. The van der Waals surface area contributed by atoms with E-state index in [4.69, 9.17) is 4.74 Å². The summed E-state index contributed by atoms with van der Waals surface area (Å²) in [5, 5.41) is 3.88. The normalized spacial score (nSPS) is 12.9. The van der Waals surface area contributed by atoms with Crippen molar-refractivity contribution < 1.29 is 14.3 Å². The highest BCUT2D eigenvalue weighted by Gasteiger charge is 2.27. The molecule has 32 heavy (non-hydrogen) atoms. The fourth-order valence-corrected chi connectivity index (χ4v) is 5.01. The van der Waals surface area contributed by atoms with Crippen LogP contribution < -0.4 is 10.2 Å². The van der Waals surface area contributed by atoms with Gasteiger partial charge < -0.3 is 19.9 Å². The Labute approximate surface area is 189 Å². The number of aromatic nitrogens is 1. The second-order valence-electron chi connectivity index (χ2n) is 7.43. The molecular weight excluding hydrogens is 422 g/mol. The number of aromatic amines is 1. The zero-order chi connectivity index (χ0) is 22.1. The van der Waals surface area contributed by atoms with Gasteiger partial charge in [-0.15, -0.1) is 0 Å². The van der Waals surface area contributed by atoms with Gasteiger partial charge in [0.25, 0.3) is 11.8 Å². The predicted octanol–water partition coefficient (Wildman–Crippen LogP) is 5.18. The molecular formula is C25H21N3O3S. The quantitative estimate of drug-likeness (QED) is 0.446. The SMILES string of the molecule is COCCN1C(=O)c2ccccc2Sc2cc(NC(=O)c3cccc4[nH]ccc34)ccc21. The van der Waals surface area contributed by atoms with Crippen LogP contribution in [0.25, 0.3) is 10.9 Å². The first-order chi connectivity index (χ1) is 15.7.